The van der Waals surface area contributed by atoms with Crippen LogP contribution in [0, 0.1) is 13.8 Å². The van der Waals surface area contributed by atoms with Crippen LogP contribution < -0.4 is 16.4 Å². The number of para-hydroxylation sites is 1. The monoisotopic (exact) mass is 281 g/mol. The first-order valence-corrected chi connectivity index (χ1v) is 7.59. The molecule has 0 saturated carbocycles. The summed E-state index contributed by atoms with van der Waals surface area (Å²) in [5.41, 5.74) is 13.2. The van der Waals surface area contributed by atoms with Gasteiger partial charge in [-0.05, 0) is 55.2 Å². The molecule has 3 rings (SSSR count). The van der Waals surface area contributed by atoms with Gasteiger partial charge in [-0.25, -0.2) is 0 Å². The van der Waals surface area contributed by atoms with Crippen LogP contribution in [-0.4, -0.2) is 13.1 Å². The van der Waals surface area contributed by atoms with Gasteiger partial charge in [-0.1, -0.05) is 18.2 Å². The minimum atomic E-state index is 0.601. The van der Waals surface area contributed by atoms with E-state index in [9.17, 15) is 0 Å². The van der Waals surface area contributed by atoms with Crippen molar-refractivity contribution < 1.29 is 0 Å². The number of anilines is 3. The van der Waals surface area contributed by atoms with Gasteiger partial charge in [0, 0.05) is 36.1 Å². The minimum absolute atomic E-state index is 0.601. The van der Waals surface area contributed by atoms with Crippen molar-refractivity contribution in [2.45, 2.75) is 26.2 Å². The van der Waals surface area contributed by atoms with E-state index in [1.165, 1.54) is 28.1 Å². The molecule has 0 bridgehead atoms. The molecule has 0 saturated heterocycles. The second kappa shape index (κ2) is 5.68. The van der Waals surface area contributed by atoms with Crippen molar-refractivity contribution in [2.75, 3.05) is 29.5 Å². The Hall–Kier alpha value is -2.16. The molecule has 3 heteroatoms. The summed E-state index contributed by atoms with van der Waals surface area (Å²) in [7, 11) is 0. The maximum Gasteiger partial charge on any atom is 0.0376 e. The van der Waals surface area contributed by atoms with Gasteiger partial charge in [-0.15, -0.1) is 0 Å². The molecule has 21 heavy (non-hydrogen) atoms. The van der Waals surface area contributed by atoms with Crippen molar-refractivity contribution in [3.63, 3.8) is 0 Å². The van der Waals surface area contributed by atoms with Crippen LogP contribution in [0.2, 0.25) is 0 Å². The molecule has 0 aromatic heterocycles. The van der Waals surface area contributed by atoms with Crippen molar-refractivity contribution in [1.29, 1.82) is 0 Å². The molecule has 0 spiro atoms. The van der Waals surface area contributed by atoms with Gasteiger partial charge in [0.15, 0.2) is 0 Å². The number of benzene rings is 2. The third-order valence-electron chi connectivity index (χ3n) is 4.58. The predicted molar refractivity (Wildman–Crippen MR) is 91.1 cm³/mol. The first-order chi connectivity index (χ1) is 10.2. The lowest BCUT2D eigenvalue weighted by molar-refractivity contribution is 0.701. The molecule has 0 aliphatic carbocycles. The summed E-state index contributed by atoms with van der Waals surface area (Å²) in [5, 5.41) is 7.04. The third-order valence-corrected chi connectivity index (χ3v) is 4.58. The van der Waals surface area contributed by atoms with Gasteiger partial charge in [-0.2, -0.15) is 0 Å². The molecule has 0 radical (unpaired) electrons. The zero-order valence-corrected chi connectivity index (χ0v) is 12.7. The fourth-order valence-corrected chi connectivity index (χ4v) is 3.03. The summed E-state index contributed by atoms with van der Waals surface area (Å²) in [5.74, 6) is 0.601. The molecule has 1 heterocycles. The SMILES string of the molecule is Cc1c(N)ccc(NCCC2CNc3ccccc32)c1C. The highest BCUT2D eigenvalue weighted by molar-refractivity contribution is 5.63. The number of rotatable bonds is 4. The van der Waals surface area contributed by atoms with Gasteiger partial charge in [0.05, 0.1) is 0 Å². The van der Waals surface area contributed by atoms with Gasteiger partial charge in [0.1, 0.15) is 0 Å². The van der Waals surface area contributed by atoms with Crippen LogP contribution in [0.3, 0.4) is 0 Å². The number of nitrogen functional groups attached to an aromatic ring is 1. The van der Waals surface area contributed by atoms with Crippen LogP contribution in [0.15, 0.2) is 36.4 Å². The lowest BCUT2D eigenvalue weighted by Crippen LogP contribution is -2.10. The molecule has 2 aromatic rings. The van der Waals surface area contributed by atoms with Gasteiger partial charge in [-0.3, -0.25) is 0 Å². The molecule has 4 N–H and O–H groups in total. The first-order valence-electron chi connectivity index (χ1n) is 7.59. The molecular weight excluding hydrogens is 258 g/mol. The molecule has 1 aliphatic rings. The highest BCUT2D eigenvalue weighted by atomic mass is 14.9. The Kier molecular flexibility index (Phi) is 3.74. The maximum absolute atomic E-state index is 5.93. The molecule has 3 nitrogen and oxygen atoms in total. The molecule has 2 aromatic carbocycles. The van der Waals surface area contributed by atoms with E-state index < -0.39 is 0 Å². The quantitative estimate of drug-likeness (QED) is 0.745. The van der Waals surface area contributed by atoms with Crippen molar-refractivity contribution in [2.24, 2.45) is 0 Å². The highest BCUT2D eigenvalue weighted by Crippen LogP contribution is 2.33. The van der Waals surface area contributed by atoms with E-state index in [-0.39, 0.29) is 0 Å². The summed E-state index contributed by atoms with van der Waals surface area (Å²) >= 11 is 0. The van der Waals surface area contributed by atoms with Gasteiger partial charge in [0.2, 0.25) is 0 Å². The fraction of sp³-hybridized carbons (Fsp3) is 0.333. The Morgan fingerprint density at radius 3 is 2.81 bits per heavy atom. The van der Waals surface area contributed by atoms with E-state index in [1.807, 2.05) is 6.07 Å². The lowest BCUT2D eigenvalue weighted by atomic mass is 9.98. The second-order valence-electron chi connectivity index (χ2n) is 5.83. The molecular formula is C18H23N3. The third kappa shape index (κ3) is 2.68. The average Bonchev–Trinajstić information content (AvgIpc) is 2.91. The number of fused-ring (bicyclic) bond motifs is 1. The minimum Gasteiger partial charge on any atom is -0.399 e. The van der Waals surface area contributed by atoms with Gasteiger partial charge >= 0.3 is 0 Å². The molecule has 110 valence electrons. The smallest absolute Gasteiger partial charge is 0.0376 e. The number of hydrogen-bond acceptors (Lipinski definition) is 3. The van der Waals surface area contributed by atoms with Gasteiger partial charge in [0.25, 0.3) is 0 Å². The lowest BCUT2D eigenvalue weighted by Gasteiger charge is -2.15. The zero-order valence-electron chi connectivity index (χ0n) is 12.7. The van der Waals surface area contributed by atoms with E-state index in [0.717, 1.165) is 25.2 Å². The maximum atomic E-state index is 5.93. The normalized spacial score (nSPS) is 16.4. The standard InChI is InChI=1S/C18H23N3/c1-12-13(2)17(8-7-16(12)19)20-10-9-14-11-21-18-6-4-3-5-15(14)18/h3-8,14,20-21H,9-11,19H2,1-2H3. The summed E-state index contributed by atoms with van der Waals surface area (Å²) < 4.78 is 0. The largest absolute Gasteiger partial charge is 0.399 e. The van der Waals surface area contributed by atoms with Crippen molar-refractivity contribution in [3.05, 3.63) is 53.1 Å². The molecule has 0 fully saturated rings. The van der Waals surface area contributed by atoms with Crippen molar-refractivity contribution >= 4 is 17.1 Å². The summed E-state index contributed by atoms with van der Waals surface area (Å²) in [6.07, 6.45) is 1.13. The highest BCUT2D eigenvalue weighted by Gasteiger charge is 2.20. The second-order valence-corrected chi connectivity index (χ2v) is 5.83. The number of nitrogens with two attached hydrogens (primary N) is 1. The van der Waals surface area contributed by atoms with Crippen molar-refractivity contribution in [1.82, 2.24) is 0 Å². The Morgan fingerprint density at radius 1 is 1.14 bits per heavy atom. The molecule has 1 unspecified atom stereocenters. The van der Waals surface area contributed by atoms with E-state index in [1.54, 1.807) is 0 Å². The Labute approximate surface area is 126 Å². The van der Waals surface area contributed by atoms with Crippen LogP contribution in [0.25, 0.3) is 0 Å². The fourth-order valence-electron chi connectivity index (χ4n) is 3.03. The summed E-state index contributed by atoms with van der Waals surface area (Å²) in [6.45, 7) is 6.22. The predicted octanol–water partition coefficient (Wildman–Crippen LogP) is 3.90. The van der Waals surface area contributed by atoms with Crippen LogP contribution in [0.5, 0.6) is 0 Å². The summed E-state index contributed by atoms with van der Waals surface area (Å²) in [4.78, 5) is 0. The average molecular weight is 281 g/mol. The topological polar surface area (TPSA) is 50.1 Å². The molecule has 0 amide bonds. The first kappa shape index (κ1) is 13.8. The van der Waals surface area contributed by atoms with E-state index in [2.05, 4.69) is 54.8 Å². The van der Waals surface area contributed by atoms with Crippen LogP contribution >= 0.6 is 0 Å². The van der Waals surface area contributed by atoms with Crippen LogP contribution in [0.1, 0.15) is 29.0 Å². The Morgan fingerprint density at radius 2 is 1.95 bits per heavy atom. The number of hydrogen-bond donors (Lipinski definition) is 3. The van der Waals surface area contributed by atoms with E-state index in [0.29, 0.717) is 5.92 Å². The zero-order chi connectivity index (χ0) is 14.8. The Balaban J connectivity index is 1.62. The van der Waals surface area contributed by atoms with E-state index >= 15 is 0 Å². The van der Waals surface area contributed by atoms with E-state index in [4.69, 9.17) is 5.73 Å². The molecule has 1 aliphatic heterocycles. The van der Waals surface area contributed by atoms with Crippen LogP contribution in [0.4, 0.5) is 17.1 Å². The summed E-state index contributed by atoms with van der Waals surface area (Å²) in [6, 6.07) is 12.7. The van der Waals surface area contributed by atoms with Gasteiger partial charge < -0.3 is 16.4 Å². The Bertz CT molecular complexity index is 649. The number of nitrogens with one attached hydrogen (secondary N) is 2. The van der Waals surface area contributed by atoms with Crippen molar-refractivity contribution in [3.8, 4) is 0 Å². The van der Waals surface area contributed by atoms with Crippen LogP contribution in [-0.2, 0) is 0 Å². The molecule has 1 atom stereocenters.